The molecule has 0 aliphatic heterocycles. The molecule has 0 aromatic heterocycles. The van der Waals surface area contributed by atoms with Gasteiger partial charge in [0.1, 0.15) is 5.54 Å². The standard InChI is InChI=1S/C20H22N2O2/c1-14(2)20(22,19(23)24-3)12-15-8-10-16(11-9-15)18-7-5-4-6-17(18)13-21/h4-11,14H,12,22H2,1-3H3/t20-/m0/s1. The molecule has 124 valence electrons. The van der Waals surface area contributed by atoms with Crippen LogP contribution in [0.15, 0.2) is 48.5 Å². The van der Waals surface area contributed by atoms with Crippen LogP contribution in [-0.4, -0.2) is 18.6 Å². The van der Waals surface area contributed by atoms with Crippen LogP contribution in [0.25, 0.3) is 11.1 Å². The first-order valence-electron chi connectivity index (χ1n) is 7.88. The minimum atomic E-state index is -1.05. The maximum atomic E-state index is 12.1. The van der Waals surface area contributed by atoms with Crippen LogP contribution in [0.3, 0.4) is 0 Å². The van der Waals surface area contributed by atoms with Gasteiger partial charge in [0.05, 0.1) is 18.7 Å². The van der Waals surface area contributed by atoms with Gasteiger partial charge in [-0.15, -0.1) is 0 Å². The van der Waals surface area contributed by atoms with Gasteiger partial charge in [0.25, 0.3) is 0 Å². The number of rotatable bonds is 5. The van der Waals surface area contributed by atoms with Crippen molar-refractivity contribution in [1.29, 1.82) is 5.26 Å². The zero-order valence-corrected chi connectivity index (χ0v) is 14.2. The Labute approximate surface area is 142 Å². The number of nitrogens with zero attached hydrogens (tertiary/aromatic N) is 1. The van der Waals surface area contributed by atoms with E-state index in [1.807, 2.05) is 56.3 Å². The van der Waals surface area contributed by atoms with Crippen LogP contribution < -0.4 is 5.73 Å². The molecule has 0 unspecified atom stereocenters. The molecular formula is C20H22N2O2. The average Bonchev–Trinajstić information content (AvgIpc) is 2.61. The van der Waals surface area contributed by atoms with Crippen LogP contribution in [0.5, 0.6) is 0 Å². The van der Waals surface area contributed by atoms with E-state index in [1.165, 1.54) is 7.11 Å². The number of ether oxygens (including phenoxy) is 1. The molecule has 0 saturated heterocycles. The van der Waals surface area contributed by atoms with E-state index in [-0.39, 0.29) is 5.92 Å². The lowest BCUT2D eigenvalue weighted by atomic mass is 9.81. The van der Waals surface area contributed by atoms with Gasteiger partial charge in [-0.25, -0.2) is 0 Å². The summed E-state index contributed by atoms with van der Waals surface area (Å²) in [5.74, 6) is -0.458. The van der Waals surface area contributed by atoms with Crippen LogP contribution >= 0.6 is 0 Å². The van der Waals surface area contributed by atoms with Crippen molar-refractivity contribution >= 4 is 5.97 Å². The normalized spacial score (nSPS) is 13.2. The van der Waals surface area contributed by atoms with Gasteiger partial charge in [0.2, 0.25) is 0 Å². The second-order valence-corrected chi connectivity index (χ2v) is 6.22. The molecule has 4 nitrogen and oxygen atoms in total. The Kier molecular flexibility index (Phi) is 5.38. The molecule has 24 heavy (non-hydrogen) atoms. The largest absolute Gasteiger partial charge is 0.468 e. The minimum Gasteiger partial charge on any atom is -0.468 e. The third-order valence-corrected chi connectivity index (χ3v) is 4.40. The summed E-state index contributed by atoms with van der Waals surface area (Å²) in [5.41, 5.74) is 8.69. The first-order valence-corrected chi connectivity index (χ1v) is 7.88. The van der Waals surface area contributed by atoms with Crippen molar-refractivity contribution in [2.45, 2.75) is 25.8 Å². The third-order valence-electron chi connectivity index (χ3n) is 4.40. The van der Waals surface area contributed by atoms with E-state index in [4.69, 9.17) is 10.5 Å². The second kappa shape index (κ2) is 7.29. The number of carbonyl (C=O) groups excluding carboxylic acids is 1. The quantitative estimate of drug-likeness (QED) is 0.857. The van der Waals surface area contributed by atoms with Crippen molar-refractivity contribution < 1.29 is 9.53 Å². The van der Waals surface area contributed by atoms with Gasteiger partial charge >= 0.3 is 5.97 Å². The Balaban J connectivity index is 2.30. The van der Waals surface area contributed by atoms with Crippen LogP contribution in [0.1, 0.15) is 25.0 Å². The Hall–Kier alpha value is -2.64. The van der Waals surface area contributed by atoms with Gasteiger partial charge in [-0.3, -0.25) is 4.79 Å². The molecular weight excluding hydrogens is 300 g/mol. The van der Waals surface area contributed by atoms with Crippen molar-refractivity contribution in [3.8, 4) is 17.2 Å². The number of hydrogen-bond acceptors (Lipinski definition) is 4. The highest BCUT2D eigenvalue weighted by atomic mass is 16.5. The topological polar surface area (TPSA) is 76.1 Å². The van der Waals surface area contributed by atoms with Gasteiger partial charge in [-0.05, 0) is 28.7 Å². The fraction of sp³-hybridized carbons (Fsp3) is 0.300. The van der Waals surface area contributed by atoms with E-state index in [0.29, 0.717) is 12.0 Å². The van der Waals surface area contributed by atoms with Crippen LogP contribution in [-0.2, 0) is 16.0 Å². The number of hydrogen-bond donors (Lipinski definition) is 1. The monoisotopic (exact) mass is 322 g/mol. The highest BCUT2D eigenvalue weighted by Crippen LogP contribution is 2.26. The molecule has 4 heteroatoms. The number of methoxy groups -OCH3 is 1. The van der Waals surface area contributed by atoms with Crippen molar-refractivity contribution in [1.82, 2.24) is 0 Å². The van der Waals surface area contributed by atoms with Crippen LogP contribution in [0.4, 0.5) is 0 Å². The summed E-state index contributed by atoms with van der Waals surface area (Å²) in [6.07, 6.45) is 0.400. The Morgan fingerprint density at radius 3 is 2.38 bits per heavy atom. The van der Waals surface area contributed by atoms with Crippen LogP contribution in [0, 0.1) is 17.2 Å². The maximum Gasteiger partial charge on any atom is 0.326 e. The highest BCUT2D eigenvalue weighted by Gasteiger charge is 2.38. The van der Waals surface area contributed by atoms with E-state index < -0.39 is 11.5 Å². The maximum absolute atomic E-state index is 12.1. The molecule has 1 atom stereocenters. The smallest absolute Gasteiger partial charge is 0.326 e. The molecule has 0 aliphatic rings. The molecule has 2 N–H and O–H groups in total. The molecule has 2 rings (SSSR count). The van der Waals surface area contributed by atoms with Gasteiger partial charge in [0, 0.05) is 6.42 Å². The predicted octanol–water partition coefficient (Wildman–Crippen LogP) is 3.29. The first kappa shape index (κ1) is 17.7. The summed E-state index contributed by atoms with van der Waals surface area (Å²) in [6.45, 7) is 3.82. The third kappa shape index (κ3) is 3.47. The molecule has 0 bridgehead atoms. The van der Waals surface area contributed by atoms with Gasteiger partial charge < -0.3 is 10.5 Å². The van der Waals surface area contributed by atoms with Crippen molar-refractivity contribution in [3.05, 3.63) is 59.7 Å². The number of benzene rings is 2. The first-order chi connectivity index (χ1) is 11.4. The number of nitriles is 1. The average molecular weight is 322 g/mol. The number of carbonyl (C=O) groups is 1. The molecule has 0 saturated carbocycles. The molecule has 2 aromatic rings. The molecule has 0 radical (unpaired) electrons. The molecule has 0 aliphatic carbocycles. The molecule has 0 fully saturated rings. The summed E-state index contributed by atoms with van der Waals surface area (Å²) in [6, 6.07) is 17.4. The molecule has 0 heterocycles. The zero-order valence-electron chi connectivity index (χ0n) is 14.2. The van der Waals surface area contributed by atoms with Gasteiger partial charge in [-0.2, -0.15) is 5.26 Å². The molecule has 0 spiro atoms. The van der Waals surface area contributed by atoms with Gasteiger partial charge in [0.15, 0.2) is 0 Å². The van der Waals surface area contributed by atoms with Crippen molar-refractivity contribution in [3.63, 3.8) is 0 Å². The fourth-order valence-electron chi connectivity index (χ4n) is 2.67. The van der Waals surface area contributed by atoms with E-state index in [1.54, 1.807) is 6.07 Å². The second-order valence-electron chi connectivity index (χ2n) is 6.22. The van der Waals surface area contributed by atoms with E-state index in [9.17, 15) is 10.1 Å². The van der Waals surface area contributed by atoms with E-state index in [2.05, 4.69) is 6.07 Å². The SMILES string of the molecule is COC(=O)[C@](N)(Cc1ccc(-c2ccccc2C#N)cc1)C(C)C. The summed E-state index contributed by atoms with van der Waals surface area (Å²) in [5, 5.41) is 9.22. The summed E-state index contributed by atoms with van der Waals surface area (Å²) < 4.78 is 4.87. The number of nitrogens with two attached hydrogens (primary N) is 1. The summed E-state index contributed by atoms with van der Waals surface area (Å²) >= 11 is 0. The predicted molar refractivity (Wildman–Crippen MR) is 94.1 cm³/mol. The molecule has 2 aromatic carbocycles. The fourth-order valence-corrected chi connectivity index (χ4v) is 2.67. The lowest BCUT2D eigenvalue weighted by Crippen LogP contribution is -2.54. The Morgan fingerprint density at radius 2 is 1.83 bits per heavy atom. The summed E-state index contributed by atoms with van der Waals surface area (Å²) in [7, 11) is 1.36. The van der Waals surface area contributed by atoms with Crippen LogP contribution in [0.2, 0.25) is 0 Å². The van der Waals surface area contributed by atoms with E-state index in [0.717, 1.165) is 16.7 Å². The van der Waals surface area contributed by atoms with Crippen molar-refractivity contribution in [2.24, 2.45) is 11.7 Å². The minimum absolute atomic E-state index is 0.0519. The van der Waals surface area contributed by atoms with Gasteiger partial charge in [-0.1, -0.05) is 56.3 Å². The van der Waals surface area contributed by atoms with Crippen molar-refractivity contribution in [2.75, 3.05) is 7.11 Å². The van der Waals surface area contributed by atoms with E-state index >= 15 is 0 Å². The lowest BCUT2D eigenvalue weighted by Gasteiger charge is -2.30. The highest BCUT2D eigenvalue weighted by molar-refractivity contribution is 5.81. The number of esters is 1. The Morgan fingerprint density at radius 1 is 1.21 bits per heavy atom. The molecule has 0 amide bonds. The lowest BCUT2D eigenvalue weighted by molar-refractivity contribution is -0.148. The summed E-state index contributed by atoms with van der Waals surface area (Å²) in [4.78, 5) is 12.1. The Bertz CT molecular complexity index is 760. The zero-order chi connectivity index (χ0) is 17.7.